The third-order valence-electron chi connectivity index (χ3n) is 2.87. The van der Waals surface area contributed by atoms with Crippen LogP contribution >= 0.6 is 0 Å². The van der Waals surface area contributed by atoms with E-state index in [4.69, 9.17) is 4.74 Å². The molecule has 4 nitrogen and oxygen atoms in total. The number of pyridine rings is 1. The summed E-state index contributed by atoms with van der Waals surface area (Å²) in [5.41, 5.74) is 0.499. The largest absolute Gasteiger partial charge is 0.462 e. The summed E-state index contributed by atoms with van der Waals surface area (Å²) >= 11 is 0. The summed E-state index contributed by atoms with van der Waals surface area (Å²) in [5.74, 6) is 0.760. The van der Waals surface area contributed by atoms with Crippen LogP contribution in [0.1, 0.15) is 44.5 Å². The van der Waals surface area contributed by atoms with Gasteiger partial charge in [-0.25, -0.2) is 9.78 Å². The number of aromatic nitrogens is 1. The van der Waals surface area contributed by atoms with Crippen molar-refractivity contribution in [1.29, 1.82) is 0 Å². The minimum absolute atomic E-state index is 0.299. The number of hydrogen-bond acceptors (Lipinski definition) is 4. The number of esters is 1. The van der Waals surface area contributed by atoms with Crippen LogP contribution in [0, 0.1) is 5.92 Å². The fourth-order valence-corrected chi connectivity index (χ4v) is 1.81. The lowest BCUT2D eigenvalue weighted by molar-refractivity contribution is 0.0527. The first kappa shape index (κ1) is 14.5. The maximum absolute atomic E-state index is 11.8. The highest BCUT2D eigenvalue weighted by Crippen LogP contribution is 2.18. The minimum atomic E-state index is -0.327. The first-order chi connectivity index (χ1) is 8.60. The van der Waals surface area contributed by atoms with E-state index in [2.05, 4.69) is 31.1 Å². The number of carbonyl (C=O) groups is 1. The van der Waals surface area contributed by atoms with E-state index in [9.17, 15) is 4.79 Å². The molecule has 0 aliphatic carbocycles. The van der Waals surface area contributed by atoms with E-state index in [1.807, 2.05) is 0 Å². The van der Waals surface area contributed by atoms with Gasteiger partial charge in [-0.15, -0.1) is 0 Å². The first-order valence-electron chi connectivity index (χ1n) is 6.48. The normalized spacial score (nSPS) is 12.3. The van der Waals surface area contributed by atoms with Crippen molar-refractivity contribution in [3.8, 4) is 0 Å². The van der Waals surface area contributed by atoms with Gasteiger partial charge in [-0.3, -0.25) is 0 Å². The van der Waals surface area contributed by atoms with Gasteiger partial charge in [0, 0.05) is 12.2 Å². The van der Waals surface area contributed by atoms with Gasteiger partial charge in [0.25, 0.3) is 0 Å². The Morgan fingerprint density at radius 1 is 1.44 bits per heavy atom. The zero-order valence-electron chi connectivity index (χ0n) is 11.6. The summed E-state index contributed by atoms with van der Waals surface area (Å²) in [5, 5.41) is 3.32. The van der Waals surface area contributed by atoms with E-state index in [0.717, 1.165) is 6.42 Å². The maximum Gasteiger partial charge on any atom is 0.341 e. The lowest BCUT2D eigenvalue weighted by Gasteiger charge is -2.22. The van der Waals surface area contributed by atoms with Crippen molar-refractivity contribution in [2.24, 2.45) is 5.92 Å². The predicted molar refractivity (Wildman–Crippen MR) is 72.7 cm³/mol. The number of anilines is 1. The molecule has 0 saturated heterocycles. The molecule has 100 valence electrons. The Hall–Kier alpha value is -1.58. The zero-order chi connectivity index (χ0) is 13.5. The molecule has 1 rings (SSSR count). The second-order valence-corrected chi connectivity index (χ2v) is 4.52. The molecule has 1 aromatic rings. The molecule has 1 heterocycles. The Bertz CT molecular complexity index is 391. The molecule has 0 spiro atoms. The Morgan fingerprint density at radius 2 is 2.17 bits per heavy atom. The SMILES string of the molecule is CCOC(=O)c1cccnc1NC(CC)C(C)C. The molecule has 0 fully saturated rings. The third-order valence-corrected chi connectivity index (χ3v) is 2.87. The van der Waals surface area contributed by atoms with Crippen LogP contribution < -0.4 is 5.32 Å². The van der Waals surface area contributed by atoms with Crippen LogP contribution in [0.15, 0.2) is 18.3 Å². The van der Waals surface area contributed by atoms with E-state index < -0.39 is 0 Å². The van der Waals surface area contributed by atoms with Gasteiger partial charge in [0.1, 0.15) is 11.4 Å². The monoisotopic (exact) mass is 250 g/mol. The Balaban J connectivity index is 2.91. The van der Waals surface area contributed by atoms with Crippen LogP contribution in [0.3, 0.4) is 0 Å². The van der Waals surface area contributed by atoms with Crippen LogP contribution in [0.4, 0.5) is 5.82 Å². The van der Waals surface area contributed by atoms with Crippen molar-refractivity contribution in [3.05, 3.63) is 23.9 Å². The fraction of sp³-hybridized carbons (Fsp3) is 0.571. The molecule has 0 saturated carbocycles. The average Bonchev–Trinajstić information content (AvgIpc) is 2.36. The predicted octanol–water partition coefficient (Wildman–Crippen LogP) is 3.10. The lowest BCUT2D eigenvalue weighted by atomic mass is 10.0. The van der Waals surface area contributed by atoms with Crippen molar-refractivity contribution in [2.45, 2.75) is 40.2 Å². The lowest BCUT2D eigenvalue weighted by Crippen LogP contribution is -2.26. The van der Waals surface area contributed by atoms with E-state index in [1.165, 1.54) is 0 Å². The molecule has 0 aromatic carbocycles. The van der Waals surface area contributed by atoms with Crippen LogP contribution in [0.2, 0.25) is 0 Å². The molecule has 1 N–H and O–H groups in total. The highest BCUT2D eigenvalue weighted by atomic mass is 16.5. The average molecular weight is 250 g/mol. The summed E-state index contributed by atoms with van der Waals surface area (Å²) in [4.78, 5) is 16.0. The molecule has 0 amide bonds. The van der Waals surface area contributed by atoms with E-state index in [0.29, 0.717) is 29.9 Å². The second kappa shape index (κ2) is 6.99. The van der Waals surface area contributed by atoms with Gasteiger partial charge < -0.3 is 10.1 Å². The summed E-state index contributed by atoms with van der Waals surface area (Å²) in [7, 11) is 0. The van der Waals surface area contributed by atoms with E-state index in [-0.39, 0.29) is 5.97 Å². The van der Waals surface area contributed by atoms with Crippen molar-refractivity contribution in [2.75, 3.05) is 11.9 Å². The number of rotatable bonds is 6. The molecular formula is C14H22N2O2. The number of ether oxygens (including phenoxy) is 1. The molecule has 0 aliphatic heterocycles. The quantitative estimate of drug-likeness (QED) is 0.788. The van der Waals surface area contributed by atoms with Crippen molar-refractivity contribution >= 4 is 11.8 Å². The Labute approximate surface area is 109 Å². The molecule has 1 aromatic heterocycles. The smallest absolute Gasteiger partial charge is 0.341 e. The number of nitrogens with one attached hydrogen (secondary N) is 1. The molecule has 0 aliphatic rings. The molecule has 1 atom stereocenters. The van der Waals surface area contributed by atoms with Gasteiger partial charge in [0.15, 0.2) is 0 Å². The van der Waals surface area contributed by atoms with Gasteiger partial charge in [-0.1, -0.05) is 20.8 Å². The Morgan fingerprint density at radius 3 is 2.72 bits per heavy atom. The maximum atomic E-state index is 11.8. The first-order valence-corrected chi connectivity index (χ1v) is 6.48. The van der Waals surface area contributed by atoms with Gasteiger partial charge in [0.05, 0.1) is 6.61 Å². The molecule has 0 bridgehead atoms. The molecule has 4 heteroatoms. The van der Waals surface area contributed by atoms with Crippen LogP contribution in [0.25, 0.3) is 0 Å². The van der Waals surface area contributed by atoms with Crippen LogP contribution in [-0.2, 0) is 4.74 Å². The molecule has 1 unspecified atom stereocenters. The molecule has 18 heavy (non-hydrogen) atoms. The van der Waals surface area contributed by atoms with Crippen LogP contribution in [-0.4, -0.2) is 23.6 Å². The van der Waals surface area contributed by atoms with E-state index in [1.54, 1.807) is 25.3 Å². The molecular weight excluding hydrogens is 228 g/mol. The standard InChI is InChI=1S/C14H22N2O2/c1-5-12(10(3)4)16-13-11(8-7-9-15-13)14(17)18-6-2/h7-10,12H,5-6H2,1-4H3,(H,15,16). The zero-order valence-corrected chi connectivity index (χ0v) is 11.6. The second-order valence-electron chi connectivity index (χ2n) is 4.52. The third kappa shape index (κ3) is 3.72. The summed E-state index contributed by atoms with van der Waals surface area (Å²) < 4.78 is 5.03. The number of nitrogens with zero attached hydrogens (tertiary/aromatic N) is 1. The molecule has 0 radical (unpaired) electrons. The topological polar surface area (TPSA) is 51.2 Å². The highest BCUT2D eigenvalue weighted by Gasteiger charge is 2.17. The fourth-order valence-electron chi connectivity index (χ4n) is 1.81. The van der Waals surface area contributed by atoms with E-state index >= 15 is 0 Å². The summed E-state index contributed by atoms with van der Waals surface area (Å²) in [6, 6.07) is 3.78. The van der Waals surface area contributed by atoms with Gasteiger partial charge >= 0.3 is 5.97 Å². The van der Waals surface area contributed by atoms with Gasteiger partial charge in [-0.05, 0) is 31.4 Å². The van der Waals surface area contributed by atoms with Gasteiger partial charge in [-0.2, -0.15) is 0 Å². The van der Waals surface area contributed by atoms with Crippen LogP contribution in [0.5, 0.6) is 0 Å². The van der Waals surface area contributed by atoms with Gasteiger partial charge in [0.2, 0.25) is 0 Å². The van der Waals surface area contributed by atoms with Crippen molar-refractivity contribution in [1.82, 2.24) is 4.98 Å². The van der Waals surface area contributed by atoms with Crippen molar-refractivity contribution in [3.63, 3.8) is 0 Å². The Kier molecular flexibility index (Phi) is 5.62. The number of hydrogen-bond donors (Lipinski definition) is 1. The summed E-state index contributed by atoms with van der Waals surface area (Å²) in [6.45, 7) is 8.58. The summed E-state index contributed by atoms with van der Waals surface area (Å²) in [6.07, 6.45) is 2.66. The number of carbonyl (C=O) groups excluding carboxylic acids is 1. The van der Waals surface area contributed by atoms with Crippen molar-refractivity contribution < 1.29 is 9.53 Å². The highest BCUT2D eigenvalue weighted by molar-refractivity contribution is 5.94. The minimum Gasteiger partial charge on any atom is -0.462 e.